The molecule has 0 fully saturated rings. The highest BCUT2D eigenvalue weighted by molar-refractivity contribution is 5.87. The number of phenolic OH excluding ortho intramolecular Hbond substituents is 1. The number of fused-ring (bicyclic) bond motifs is 2. The number of unbranched alkanes of at least 4 members (excludes halogenated alkanes) is 8. The summed E-state index contributed by atoms with van der Waals surface area (Å²) in [5.74, 6) is 0.0394. The van der Waals surface area contributed by atoms with Crippen LogP contribution in [0.1, 0.15) is 109 Å². The number of rotatable bonds is 17. The lowest BCUT2D eigenvalue weighted by Gasteiger charge is -2.24. The molecule has 2 aromatic rings. The third-order valence-corrected chi connectivity index (χ3v) is 7.26. The molecular weight excluding hydrogens is 508 g/mol. The van der Waals surface area contributed by atoms with Gasteiger partial charge >= 0.3 is 5.97 Å². The molecular formula is C33H46O7. The molecule has 1 aliphatic rings. The molecule has 1 aromatic heterocycles. The minimum absolute atomic E-state index is 0.0546. The van der Waals surface area contributed by atoms with Gasteiger partial charge in [-0.25, -0.2) is 0 Å². The van der Waals surface area contributed by atoms with Crippen molar-refractivity contribution in [2.24, 2.45) is 0 Å². The molecule has 1 aliphatic heterocycles. The van der Waals surface area contributed by atoms with Gasteiger partial charge in [-0.3, -0.25) is 9.59 Å². The lowest BCUT2D eigenvalue weighted by atomic mass is 9.96. The highest BCUT2D eigenvalue weighted by Crippen LogP contribution is 2.42. The number of benzene rings is 1. The van der Waals surface area contributed by atoms with Crippen molar-refractivity contribution >= 4 is 16.9 Å². The maximum Gasteiger partial charge on any atom is 0.306 e. The lowest BCUT2D eigenvalue weighted by Crippen LogP contribution is -2.39. The molecule has 1 unspecified atom stereocenters. The van der Waals surface area contributed by atoms with Crippen molar-refractivity contribution < 1.29 is 28.9 Å². The van der Waals surface area contributed by atoms with E-state index in [4.69, 9.17) is 13.9 Å². The predicted molar refractivity (Wildman–Crippen MR) is 158 cm³/mol. The summed E-state index contributed by atoms with van der Waals surface area (Å²) in [7, 11) is 0. The van der Waals surface area contributed by atoms with E-state index in [1.54, 1.807) is 19.9 Å². The Morgan fingerprint density at radius 3 is 2.40 bits per heavy atom. The van der Waals surface area contributed by atoms with E-state index in [2.05, 4.69) is 31.2 Å². The molecule has 0 saturated carbocycles. The Morgan fingerprint density at radius 2 is 1.70 bits per heavy atom. The highest BCUT2D eigenvalue weighted by Gasteiger charge is 2.37. The summed E-state index contributed by atoms with van der Waals surface area (Å²) in [6.07, 6.45) is 21.4. The molecule has 1 atom stereocenters. The quantitative estimate of drug-likeness (QED) is 0.119. The second-order valence-corrected chi connectivity index (χ2v) is 11.3. The molecule has 1 aromatic carbocycles. The van der Waals surface area contributed by atoms with Gasteiger partial charge in [-0.05, 0) is 52.4 Å². The Labute approximate surface area is 237 Å². The zero-order chi connectivity index (χ0) is 29.0. The number of ether oxygens (including phenoxy) is 2. The fraction of sp³-hybridized carbons (Fsp3) is 0.576. The maximum atomic E-state index is 12.7. The number of esters is 1. The Morgan fingerprint density at radius 1 is 1.02 bits per heavy atom. The third kappa shape index (κ3) is 9.54. The van der Waals surface area contributed by atoms with Gasteiger partial charge in [0.15, 0.2) is 5.43 Å². The van der Waals surface area contributed by atoms with E-state index in [-0.39, 0.29) is 41.5 Å². The van der Waals surface area contributed by atoms with Gasteiger partial charge in [0.25, 0.3) is 0 Å². The van der Waals surface area contributed by atoms with Crippen molar-refractivity contribution in [1.82, 2.24) is 0 Å². The second kappa shape index (κ2) is 15.7. The second-order valence-electron chi connectivity index (χ2n) is 11.3. The average molecular weight is 555 g/mol. The minimum atomic E-state index is -1.11. The number of phenols is 1. The zero-order valence-corrected chi connectivity index (χ0v) is 24.4. The molecule has 7 heteroatoms. The van der Waals surface area contributed by atoms with Crippen molar-refractivity contribution in [3.05, 3.63) is 58.0 Å². The number of hydrogen-bond acceptors (Lipinski definition) is 7. The van der Waals surface area contributed by atoms with Gasteiger partial charge in [-0.2, -0.15) is 0 Å². The van der Waals surface area contributed by atoms with Crippen molar-refractivity contribution in [1.29, 1.82) is 0 Å². The summed E-state index contributed by atoms with van der Waals surface area (Å²) in [5, 5.41) is 21.0. The molecule has 3 rings (SSSR count). The molecule has 0 radical (unpaired) electrons. The first kappa shape index (κ1) is 31.5. The summed E-state index contributed by atoms with van der Waals surface area (Å²) in [4.78, 5) is 24.9. The predicted octanol–water partition coefficient (Wildman–Crippen LogP) is 7.43. The molecule has 2 N–H and O–H groups in total. The van der Waals surface area contributed by atoms with Gasteiger partial charge in [0, 0.05) is 30.5 Å². The van der Waals surface area contributed by atoms with Crippen LogP contribution in [0.4, 0.5) is 0 Å². The van der Waals surface area contributed by atoms with Gasteiger partial charge < -0.3 is 24.1 Å². The first-order chi connectivity index (χ1) is 19.2. The fourth-order valence-electron chi connectivity index (χ4n) is 4.82. The molecule has 2 heterocycles. The Kier molecular flexibility index (Phi) is 12.3. The summed E-state index contributed by atoms with van der Waals surface area (Å²) in [6.45, 7) is 5.33. The summed E-state index contributed by atoms with van der Waals surface area (Å²) in [5.41, 5.74) is -0.910. The topological polar surface area (TPSA) is 106 Å². The number of aliphatic hydroxyl groups is 1. The van der Waals surface area contributed by atoms with Gasteiger partial charge in [0.05, 0.1) is 5.60 Å². The lowest BCUT2D eigenvalue weighted by molar-refractivity contribution is -0.145. The number of allylic oxidation sites excluding steroid dienone is 4. The Balaban J connectivity index is 1.34. The van der Waals surface area contributed by atoms with Gasteiger partial charge in [-0.1, -0.05) is 63.3 Å². The smallest absolute Gasteiger partial charge is 0.306 e. The average Bonchev–Trinajstić information content (AvgIpc) is 3.35. The van der Waals surface area contributed by atoms with Crippen molar-refractivity contribution in [2.75, 3.05) is 0 Å². The van der Waals surface area contributed by atoms with Crippen molar-refractivity contribution in [2.45, 2.75) is 123 Å². The van der Waals surface area contributed by atoms with Gasteiger partial charge in [0.1, 0.15) is 40.9 Å². The number of carbonyl (C=O) groups excluding carboxylic acids is 1. The van der Waals surface area contributed by atoms with Crippen molar-refractivity contribution in [3.63, 3.8) is 0 Å². The van der Waals surface area contributed by atoms with E-state index in [0.717, 1.165) is 44.9 Å². The van der Waals surface area contributed by atoms with E-state index in [0.29, 0.717) is 17.7 Å². The standard InChI is InChI=1S/C33H46O7/c1-4-5-6-7-8-9-10-11-12-13-14-15-16-17-18-19-30(35)38-23-24-20-26(34)31-28(39-24)22-27-25(32(31)36)21-29(40-27)33(2,3)37/h8-9,11-12,20,22,29,36-37H,4-7,10,13-19,21,23H2,1-3H3/b9-8-,12-11-. The molecule has 0 spiro atoms. The van der Waals surface area contributed by atoms with E-state index in [1.165, 1.54) is 31.7 Å². The summed E-state index contributed by atoms with van der Waals surface area (Å²) < 4.78 is 16.9. The van der Waals surface area contributed by atoms with E-state index >= 15 is 0 Å². The van der Waals surface area contributed by atoms with Crippen LogP contribution in [-0.2, 0) is 22.6 Å². The highest BCUT2D eigenvalue weighted by atomic mass is 16.5. The number of carbonyl (C=O) groups is 1. The first-order valence-electron chi connectivity index (χ1n) is 14.9. The molecule has 40 heavy (non-hydrogen) atoms. The molecule has 7 nitrogen and oxygen atoms in total. The van der Waals surface area contributed by atoms with Crippen LogP contribution in [-0.4, -0.2) is 27.9 Å². The van der Waals surface area contributed by atoms with Crippen LogP contribution >= 0.6 is 0 Å². The van der Waals surface area contributed by atoms with E-state index < -0.39 is 17.1 Å². The van der Waals surface area contributed by atoms with Gasteiger partial charge in [0.2, 0.25) is 0 Å². The van der Waals surface area contributed by atoms with Gasteiger partial charge in [-0.15, -0.1) is 0 Å². The molecule has 0 bridgehead atoms. The van der Waals surface area contributed by atoms with Crippen LogP contribution in [0.15, 0.2) is 45.6 Å². The van der Waals surface area contributed by atoms with E-state index in [9.17, 15) is 19.8 Å². The van der Waals surface area contributed by atoms with Crippen LogP contribution < -0.4 is 10.2 Å². The van der Waals surface area contributed by atoms with Crippen molar-refractivity contribution in [3.8, 4) is 11.5 Å². The number of hydrogen-bond donors (Lipinski definition) is 2. The monoisotopic (exact) mass is 554 g/mol. The van der Waals surface area contributed by atoms with Crippen LogP contribution in [0.3, 0.4) is 0 Å². The maximum absolute atomic E-state index is 12.7. The third-order valence-electron chi connectivity index (χ3n) is 7.26. The molecule has 0 aliphatic carbocycles. The normalized spacial score (nSPS) is 15.2. The van der Waals surface area contributed by atoms with E-state index in [1.807, 2.05) is 0 Å². The fourth-order valence-corrected chi connectivity index (χ4v) is 4.82. The van der Waals surface area contributed by atoms with Crippen LogP contribution in [0.2, 0.25) is 0 Å². The zero-order valence-electron chi connectivity index (χ0n) is 24.4. The Bertz CT molecular complexity index is 1220. The minimum Gasteiger partial charge on any atom is -0.507 e. The number of aromatic hydroxyl groups is 1. The molecule has 0 saturated heterocycles. The first-order valence-corrected chi connectivity index (χ1v) is 14.9. The SMILES string of the molecule is CCCCC/C=C\C/C=C\CCCCCCCC(=O)OCc1cc(=O)c2c(O)c3c(cc2o1)OC(C(C)(C)O)C3. The largest absolute Gasteiger partial charge is 0.507 e. The van der Waals surface area contributed by atoms with Crippen LogP contribution in [0, 0.1) is 0 Å². The molecule has 220 valence electrons. The van der Waals surface area contributed by atoms with Crippen LogP contribution in [0.5, 0.6) is 11.5 Å². The van der Waals surface area contributed by atoms with Crippen LogP contribution in [0.25, 0.3) is 11.0 Å². The summed E-state index contributed by atoms with van der Waals surface area (Å²) >= 11 is 0. The molecule has 0 amide bonds. The Hall–Kier alpha value is -3.06. The summed E-state index contributed by atoms with van der Waals surface area (Å²) in [6, 6.07) is 2.79.